The van der Waals surface area contributed by atoms with Gasteiger partial charge in [0.25, 0.3) is 0 Å². The van der Waals surface area contributed by atoms with E-state index in [-0.39, 0.29) is 17.6 Å². The molecule has 0 fully saturated rings. The van der Waals surface area contributed by atoms with Crippen molar-refractivity contribution in [3.63, 3.8) is 0 Å². The number of nitrogens with one attached hydrogen (secondary N) is 1. The zero-order valence-electron chi connectivity index (χ0n) is 12.2. The summed E-state index contributed by atoms with van der Waals surface area (Å²) in [6.45, 7) is 11.3. The average Bonchev–Trinajstić information content (AvgIpc) is 2.29. The van der Waals surface area contributed by atoms with Crippen molar-refractivity contribution in [3.05, 3.63) is 35.4 Å². The Morgan fingerprint density at radius 2 is 1.83 bits per heavy atom. The van der Waals surface area contributed by atoms with Crippen LogP contribution >= 0.6 is 0 Å². The fourth-order valence-corrected chi connectivity index (χ4v) is 2.00. The molecule has 18 heavy (non-hydrogen) atoms. The molecule has 3 heteroatoms. The summed E-state index contributed by atoms with van der Waals surface area (Å²) in [5.74, 6) is 5.67. The predicted molar refractivity (Wildman–Crippen MR) is 76.3 cm³/mol. The molecule has 0 aliphatic heterocycles. The number of hydrazine groups is 1. The predicted octanol–water partition coefficient (Wildman–Crippen LogP) is 2.91. The maximum absolute atomic E-state index is 5.67. The lowest BCUT2D eigenvalue weighted by molar-refractivity contribution is 0.0608. The SMILES string of the molecule is CC(C)OCC(NN)c1ccccc1C(C)(C)C. The molecule has 1 aromatic carbocycles. The topological polar surface area (TPSA) is 47.3 Å². The Bertz CT molecular complexity index is 369. The van der Waals surface area contributed by atoms with Crippen molar-refractivity contribution in [2.45, 2.75) is 52.2 Å². The van der Waals surface area contributed by atoms with E-state index in [2.05, 4.69) is 44.4 Å². The van der Waals surface area contributed by atoms with Crippen LogP contribution < -0.4 is 11.3 Å². The lowest BCUT2D eigenvalue weighted by atomic mass is 9.82. The van der Waals surface area contributed by atoms with Crippen molar-refractivity contribution < 1.29 is 4.74 Å². The second-order valence-corrected chi connectivity index (χ2v) is 5.94. The van der Waals surface area contributed by atoms with Crippen LogP contribution in [-0.2, 0) is 10.2 Å². The zero-order valence-corrected chi connectivity index (χ0v) is 12.2. The summed E-state index contributed by atoms with van der Waals surface area (Å²) in [4.78, 5) is 0. The molecule has 0 heterocycles. The largest absolute Gasteiger partial charge is 0.377 e. The first-order chi connectivity index (χ1) is 8.36. The van der Waals surface area contributed by atoms with Gasteiger partial charge < -0.3 is 4.74 Å². The highest BCUT2D eigenvalue weighted by molar-refractivity contribution is 5.35. The molecule has 0 saturated carbocycles. The molecule has 1 atom stereocenters. The van der Waals surface area contributed by atoms with Gasteiger partial charge in [0, 0.05) is 0 Å². The van der Waals surface area contributed by atoms with Gasteiger partial charge >= 0.3 is 0 Å². The minimum absolute atomic E-state index is 0.0304. The molecule has 0 aliphatic carbocycles. The van der Waals surface area contributed by atoms with Gasteiger partial charge in [-0.2, -0.15) is 0 Å². The summed E-state index contributed by atoms with van der Waals surface area (Å²) in [6.07, 6.45) is 0.211. The lowest BCUT2D eigenvalue weighted by Crippen LogP contribution is -2.34. The molecular formula is C15H26N2O. The first-order valence-electron chi connectivity index (χ1n) is 6.53. The van der Waals surface area contributed by atoms with Crippen LogP contribution in [0.5, 0.6) is 0 Å². The average molecular weight is 250 g/mol. The van der Waals surface area contributed by atoms with Gasteiger partial charge in [-0.15, -0.1) is 0 Å². The fraction of sp³-hybridized carbons (Fsp3) is 0.600. The molecule has 0 amide bonds. The van der Waals surface area contributed by atoms with Gasteiger partial charge in [0.15, 0.2) is 0 Å². The van der Waals surface area contributed by atoms with Crippen LogP contribution in [-0.4, -0.2) is 12.7 Å². The van der Waals surface area contributed by atoms with Crippen LogP contribution in [0.3, 0.4) is 0 Å². The molecule has 0 bridgehead atoms. The van der Waals surface area contributed by atoms with E-state index in [0.717, 1.165) is 0 Å². The Balaban J connectivity index is 2.98. The molecule has 0 saturated heterocycles. The molecule has 1 aromatic rings. The van der Waals surface area contributed by atoms with Crippen LogP contribution in [0.15, 0.2) is 24.3 Å². The monoisotopic (exact) mass is 250 g/mol. The molecule has 3 nitrogen and oxygen atoms in total. The van der Waals surface area contributed by atoms with Crippen LogP contribution in [0.2, 0.25) is 0 Å². The molecule has 0 aliphatic rings. The summed E-state index contributed by atoms with van der Waals surface area (Å²) in [5, 5.41) is 0. The van der Waals surface area contributed by atoms with E-state index in [4.69, 9.17) is 10.6 Å². The number of hydrogen-bond acceptors (Lipinski definition) is 3. The Hall–Kier alpha value is -0.900. The number of rotatable bonds is 5. The van der Waals surface area contributed by atoms with Gasteiger partial charge in [0.2, 0.25) is 0 Å². The van der Waals surface area contributed by atoms with Crippen molar-refractivity contribution in [2.24, 2.45) is 5.84 Å². The third-order valence-electron chi connectivity index (χ3n) is 2.94. The highest BCUT2D eigenvalue weighted by atomic mass is 16.5. The minimum atomic E-state index is 0.0304. The third-order valence-corrected chi connectivity index (χ3v) is 2.94. The van der Waals surface area contributed by atoms with Gasteiger partial charge in [0.05, 0.1) is 18.8 Å². The molecule has 3 N–H and O–H groups in total. The van der Waals surface area contributed by atoms with Crippen LogP contribution in [0.25, 0.3) is 0 Å². The summed E-state index contributed by atoms with van der Waals surface area (Å²) >= 11 is 0. The minimum Gasteiger partial charge on any atom is -0.377 e. The molecular weight excluding hydrogens is 224 g/mol. The van der Waals surface area contributed by atoms with E-state index in [0.29, 0.717) is 6.61 Å². The van der Waals surface area contributed by atoms with Gasteiger partial charge in [-0.25, -0.2) is 0 Å². The second-order valence-electron chi connectivity index (χ2n) is 5.94. The van der Waals surface area contributed by atoms with Crippen molar-refractivity contribution in [1.29, 1.82) is 0 Å². The Kier molecular flexibility index (Phi) is 5.32. The van der Waals surface area contributed by atoms with E-state index < -0.39 is 0 Å². The van der Waals surface area contributed by atoms with E-state index in [1.54, 1.807) is 0 Å². The number of nitrogens with two attached hydrogens (primary N) is 1. The molecule has 102 valence electrons. The summed E-state index contributed by atoms with van der Waals surface area (Å²) in [6, 6.07) is 8.43. The van der Waals surface area contributed by atoms with Gasteiger partial charge in [-0.05, 0) is 30.4 Å². The van der Waals surface area contributed by atoms with Crippen molar-refractivity contribution in [2.75, 3.05) is 6.61 Å². The Morgan fingerprint density at radius 3 is 2.33 bits per heavy atom. The molecule has 0 aromatic heterocycles. The van der Waals surface area contributed by atoms with Crippen LogP contribution in [0.1, 0.15) is 51.8 Å². The second kappa shape index (κ2) is 6.32. The van der Waals surface area contributed by atoms with Crippen LogP contribution in [0.4, 0.5) is 0 Å². The van der Waals surface area contributed by atoms with E-state index in [1.165, 1.54) is 11.1 Å². The zero-order chi connectivity index (χ0) is 13.8. The molecule has 1 rings (SSSR count). The van der Waals surface area contributed by atoms with Crippen LogP contribution in [0, 0.1) is 0 Å². The van der Waals surface area contributed by atoms with Crippen molar-refractivity contribution >= 4 is 0 Å². The van der Waals surface area contributed by atoms with E-state index >= 15 is 0 Å². The van der Waals surface area contributed by atoms with Gasteiger partial charge in [-0.1, -0.05) is 45.0 Å². The number of ether oxygens (including phenoxy) is 1. The van der Waals surface area contributed by atoms with Crippen molar-refractivity contribution in [1.82, 2.24) is 5.43 Å². The van der Waals surface area contributed by atoms with Gasteiger partial charge in [-0.3, -0.25) is 11.3 Å². The Morgan fingerprint density at radius 1 is 1.22 bits per heavy atom. The van der Waals surface area contributed by atoms with Crippen molar-refractivity contribution in [3.8, 4) is 0 Å². The van der Waals surface area contributed by atoms with E-state index in [1.807, 2.05) is 19.9 Å². The highest BCUT2D eigenvalue weighted by Crippen LogP contribution is 2.29. The summed E-state index contributed by atoms with van der Waals surface area (Å²) in [5.41, 5.74) is 5.48. The number of benzene rings is 1. The smallest absolute Gasteiger partial charge is 0.0696 e. The maximum Gasteiger partial charge on any atom is 0.0696 e. The quantitative estimate of drug-likeness (QED) is 0.624. The molecule has 0 spiro atoms. The Labute approximate surface area is 111 Å². The first kappa shape index (κ1) is 15.2. The summed E-state index contributed by atoms with van der Waals surface area (Å²) in [7, 11) is 0. The summed E-state index contributed by atoms with van der Waals surface area (Å²) < 4.78 is 5.67. The normalized spacial score (nSPS) is 13.9. The van der Waals surface area contributed by atoms with Gasteiger partial charge in [0.1, 0.15) is 0 Å². The lowest BCUT2D eigenvalue weighted by Gasteiger charge is -2.27. The fourth-order valence-electron chi connectivity index (χ4n) is 2.00. The standard InChI is InChI=1S/C15H26N2O/c1-11(2)18-10-14(17-16)12-8-6-7-9-13(12)15(3,4)5/h6-9,11,14,17H,10,16H2,1-5H3. The highest BCUT2D eigenvalue weighted by Gasteiger charge is 2.22. The molecule has 0 radical (unpaired) electrons. The molecule has 1 unspecified atom stereocenters. The maximum atomic E-state index is 5.67. The van der Waals surface area contributed by atoms with E-state index in [9.17, 15) is 0 Å². The first-order valence-corrected chi connectivity index (χ1v) is 6.53. The third kappa shape index (κ3) is 4.09. The number of hydrogen-bond donors (Lipinski definition) is 2.